The maximum Gasteiger partial charge on any atom is 0.230 e. The molecule has 1 saturated heterocycles. The Morgan fingerprint density at radius 3 is 2.20 bits per heavy atom. The van der Waals surface area contributed by atoms with Crippen LogP contribution in [-0.4, -0.2) is 30.4 Å². The second kappa shape index (κ2) is 7.66. The molecular weight excluding hydrogens is 318 g/mol. The van der Waals surface area contributed by atoms with Gasteiger partial charge in [0.1, 0.15) is 5.76 Å². The predicted molar refractivity (Wildman–Crippen MR) is 94.0 cm³/mol. The van der Waals surface area contributed by atoms with E-state index in [0.717, 1.165) is 5.56 Å². The molecule has 1 aliphatic rings. The SMILES string of the molecule is COc1ccccc1O/C(=C\c1ccccc1)CN1C(=O)CCC1=O. The van der Waals surface area contributed by atoms with Crippen molar-refractivity contribution in [3.05, 3.63) is 65.9 Å². The van der Waals surface area contributed by atoms with Gasteiger partial charge in [0.05, 0.1) is 13.7 Å². The van der Waals surface area contributed by atoms with E-state index in [9.17, 15) is 9.59 Å². The van der Waals surface area contributed by atoms with E-state index in [0.29, 0.717) is 17.3 Å². The monoisotopic (exact) mass is 337 g/mol. The van der Waals surface area contributed by atoms with Crippen LogP contribution in [0.1, 0.15) is 18.4 Å². The van der Waals surface area contributed by atoms with Crippen molar-refractivity contribution in [2.45, 2.75) is 12.8 Å². The minimum Gasteiger partial charge on any atom is -0.493 e. The first-order valence-corrected chi connectivity index (χ1v) is 8.07. The van der Waals surface area contributed by atoms with Crippen LogP contribution in [0.15, 0.2) is 60.4 Å². The Bertz CT molecular complexity index is 782. The Labute approximate surface area is 146 Å². The number of methoxy groups -OCH3 is 1. The van der Waals surface area contributed by atoms with Crippen molar-refractivity contribution < 1.29 is 19.1 Å². The number of amides is 2. The van der Waals surface area contributed by atoms with E-state index >= 15 is 0 Å². The second-order valence-corrected chi connectivity index (χ2v) is 5.65. The molecule has 0 radical (unpaired) electrons. The molecule has 25 heavy (non-hydrogen) atoms. The number of hydrogen-bond donors (Lipinski definition) is 0. The minimum absolute atomic E-state index is 0.102. The third kappa shape index (κ3) is 4.07. The molecule has 0 aromatic heterocycles. The molecular formula is C20H19NO4. The van der Waals surface area contributed by atoms with Gasteiger partial charge in [0.2, 0.25) is 11.8 Å². The molecule has 2 aromatic rings. The number of benzene rings is 2. The molecule has 0 saturated carbocycles. The molecule has 1 heterocycles. The van der Waals surface area contributed by atoms with Gasteiger partial charge in [-0.1, -0.05) is 42.5 Å². The Balaban J connectivity index is 1.90. The van der Waals surface area contributed by atoms with E-state index in [1.165, 1.54) is 4.90 Å². The van der Waals surface area contributed by atoms with E-state index in [-0.39, 0.29) is 31.2 Å². The second-order valence-electron chi connectivity index (χ2n) is 5.65. The van der Waals surface area contributed by atoms with E-state index in [2.05, 4.69) is 0 Å². The zero-order chi connectivity index (χ0) is 17.6. The van der Waals surface area contributed by atoms with Gasteiger partial charge >= 0.3 is 0 Å². The Hall–Kier alpha value is -3.08. The number of para-hydroxylation sites is 2. The fraction of sp³-hybridized carbons (Fsp3) is 0.200. The smallest absolute Gasteiger partial charge is 0.230 e. The number of rotatable bonds is 6. The molecule has 2 aromatic carbocycles. The van der Waals surface area contributed by atoms with Crippen LogP contribution in [0.4, 0.5) is 0 Å². The molecule has 128 valence electrons. The highest BCUT2D eigenvalue weighted by molar-refractivity contribution is 6.02. The quantitative estimate of drug-likeness (QED) is 0.600. The molecule has 0 unspecified atom stereocenters. The van der Waals surface area contributed by atoms with Crippen molar-refractivity contribution in [2.24, 2.45) is 0 Å². The molecule has 0 atom stereocenters. The van der Waals surface area contributed by atoms with Crippen LogP contribution < -0.4 is 9.47 Å². The summed E-state index contributed by atoms with van der Waals surface area (Å²) in [7, 11) is 1.57. The van der Waals surface area contributed by atoms with Crippen molar-refractivity contribution in [3.63, 3.8) is 0 Å². The van der Waals surface area contributed by atoms with Crippen LogP contribution in [0, 0.1) is 0 Å². The van der Waals surface area contributed by atoms with Crippen LogP contribution in [0.25, 0.3) is 6.08 Å². The molecule has 2 amide bonds. The number of imide groups is 1. The average Bonchev–Trinajstić information content (AvgIpc) is 2.95. The first-order valence-electron chi connectivity index (χ1n) is 8.07. The summed E-state index contributed by atoms with van der Waals surface area (Å²) in [5, 5.41) is 0. The third-order valence-electron chi connectivity index (χ3n) is 3.91. The van der Waals surface area contributed by atoms with E-state index in [4.69, 9.17) is 9.47 Å². The minimum atomic E-state index is -0.174. The van der Waals surface area contributed by atoms with Crippen LogP contribution in [0.5, 0.6) is 11.5 Å². The molecule has 0 aliphatic carbocycles. The van der Waals surface area contributed by atoms with Gasteiger partial charge in [-0.05, 0) is 23.8 Å². The van der Waals surface area contributed by atoms with Crippen LogP contribution in [-0.2, 0) is 9.59 Å². The summed E-state index contributed by atoms with van der Waals surface area (Å²) in [5.74, 6) is 1.27. The summed E-state index contributed by atoms with van der Waals surface area (Å²) in [6.45, 7) is 0.102. The van der Waals surface area contributed by atoms with Crippen molar-refractivity contribution in [2.75, 3.05) is 13.7 Å². The van der Waals surface area contributed by atoms with Gasteiger partial charge in [0.25, 0.3) is 0 Å². The lowest BCUT2D eigenvalue weighted by molar-refractivity contribution is -0.138. The summed E-state index contributed by atoms with van der Waals surface area (Å²) in [6.07, 6.45) is 2.34. The number of hydrogen-bond acceptors (Lipinski definition) is 4. The summed E-state index contributed by atoms with van der Waals surface area (Å²) >= 11 is 0. The summed E-state index contributed by atoms with van der Waals surface area (Å²) < 4.78 is 11.3. The lowest BCUT2D eigenvalue weighted by atomic mass is 10.2. The fourth-order valence-electron chi connectivity index (χ4n) is 2.64. The van der Waals surface area contributed by atoms with Gasteiger partial charge in [0, 0.05) is 12.8 Å². The molecule has 5 nitrogen and oxygen atoms in total. The molecule has 1 aliphatic heterocycles. The van der Waals surface area contributed by atoms with Crippen LogP contribution >= 0.6 is 0 Å². The molecule has 5 heteroatoms. The highest BCUT2D eigenvalue weighted by Gasteiger charge is 2.30. The van der Waals surface area contributed by atoms with Gasteiger partial charge in [-0.2, -0.15) is 0 Å². The molecule has 0 spiro atoms. The van der Waals surface area contributed by atoms with Crippen LogP contribution in [0.3, 0.4) is 0 Å². The highest BCUT2D eigenvalue weighted by atomic mass is 16.5. The highest BCUT2D eigenvalue weighted by Crippen LogP contribution is 2.29. The molecule has 0 N–H and O–H groups in total. The lowest BCUT2D eigenvalue weighted by Gasteiger charge is -2.18. The zero-order valence-corrected chi connectivity index (χ0v) is 14.0. The lowest BCUT2D eigenvalue weighted by Crippen LogP contribution is -2.32. The van der Waals surface area contributed by atoms with Gasteiger partial charge in [0.15, 0.2) is 11.5 Å². The predicted octanol–water partition coefficient (Wildman–Crippen LogP) is 3.26. The van der Waals surface area contributed by atoms with Crippen molar-refractivity contribution in [1.29, 1.82) is 0 Å². The van der Waals surface area contributed by atoms with Crippen LogP contribution in [0.2, 0.25) is 0 Å². The number of carbonyl (C=O) groups excluding carboxylic acids is 2. The number of carbonyl (C=O) groups is 2. The standard InChI is InChI=1S/C20H19NO4/c1-24-17-9-5-6-10-18(17)25-16(13-15-7-3-2-4-8-15)14-21-19(22)11-12-20(21)23/h2-10,13H,11-12,14H2,1H3/b16-13-. The third-order valence-corrected chi connectivity index (χ3v) is 3.91. The van der Waals surface area contributed by atoms with Crippen molar-refractivity contribution in [3.8, 4) is 11.5 Å². The fourth-order valence-corrected chi connectivity index (χ4v) is 2.64. The maximum absolute atomic E-state index is 11.9. The molecule has 3 rings (SSSR count). The topological polar surface area (TPSA) is 55.8 Å². The summed E-state index contributed by atoms with van der Waals surface area (Å²) in [6, 6.07) is 16.9. The van der Waals surface area contributed by atoms with Crippen molar-refractivity contribution >= 4 is 17.9 Å². The number of likely N-dealkylation sites (tertiary alicyclic amines) is 1. The first kappa shape index (κ1) is 16.8. The maximum atomic E-state index is 11.9. The Morgan fingerprint density at radius 2 is 1.56 bits per heavy atom. The Kier molecular flexibility index (Phi) is 5.14. The summed E-state index contributed by atoms with van der Waals surface area (Å²) in [4.78, 5) is 25.1. The molecule has 0 bridgehead atoms. The number of ether oxygens (including phenoxy) is 2. The van der Waals surface area contributed by atoms with Gasteiger partial charge in [-0.25, -0.2) is 0 Å². The zero-order valence-electron chi connectivity index (χ0n) is 14.0. The number of nitrogens with zero attached hydrogens (tertiary/aromatic N) is 1. The largest absolute Gasteiger partial charge is 0.493 e. The van der Waals surface area contributed by atoms with Crippen molar-refractivity contribution in [1.82, 2.24) is 4.90 Å². The van der Waals surface area contributed by atoms with Gasteiger partial charge in [-0.3, -0.25) is 14.5 Å². The summed E-state index contributed by atoms with van der Waals surface area (Å²) in [5.41, 5.74) is 0.923. The first-order chi connectivity index (χ1) is 12.2. The average molecular weight is 337 g/mol. The van der Waals surface area contributed by atoms with Gasteiger partial charge in [-0.15, -0.1) is 0 Å². The molecule has 1 fully saturated rings. The normalized spacial score (nSPS) is 14.8. The van der Waals surface area contributed by atoms with E-state index < -0.39 is 0 Å². The van der Waals surface area contributed by atoms with E-state index in [1.807, 2.05) is 48.5 Å². The van der Waals surface area contributed by atoms with E-state index in [1.54, 1.807) is 19.2 Å². The Morgan fingerprint density at radius 1 is 0.960 bits per heavy atom. The van der Waals surface area contributed by atoms with Gasteiger partial charge < -0.3 is 9.47 Å².